The summed E-state index contributed by atoms with van der Waals surface area (Å²) in [6.07, 6.45) is 0.112. The number of amides is 2. The highest BCUT2D eigenvalue weighted by molar-refractivity contribution is 6.42. The summed E-state index contributed by atoms with van der Waals surface area (Å²) >= 11 is 0. The van der Waals surface area contributed by atoms with E-state index in [-0.39, 0.29) is 18.7 Å². The molecule has 1 fully saturated rings. The van der Waals surface area contributed by atoms with Gasteiger partial charge in [0.15, 0.2) is 5.71 Å². The van der Waals surface area contributed by atoms with Gasteiger partial charge in [-0.25, -0.2) is 14.8 Å². The van der Waals surface area contributed by atoms with Crippen LogP contribution in [0, 0.1) is 5.92 Å². The Morgan fingerprint density at radius 3 is 2.41 bits per heavy atom. The van der Waals surface area contributed by atoms with Gasteiger partial charge in [-0.05, 0) is 47.1 Å². The van der Waals surface area contributed by atoms with Gasteiger partial charge in [-0.1, -0.05) is 30.3 Å². The zero-order valence-electron chi connectivity index (χ0n) is 20.5. The van der Waals surface area contributed by atoms with Crippen molar-refractivity contribution >= 4 is 29.5 Å². The Hall–Kier alpha value is -3.27. The molecule has 0 unspecified atom stereocenters. The maximum Gasteiger partial charge on any atom is 0.355 e. The molecule has 2 aliphatic heterocycles. The van der Waals surface area contributed by atoms with Crippen LogP contribution in [0.3, 0.4) is 0 Å². The summed E-state index contributed by atoms with van der Waals surface area (Å²) in [4.78, 5) is 52.3. The molecule has 0 spiro atoms. The molecule has 34 heavy (non-hydrogen) atoms. The Kier molecular flexibility index (Phi) is 7.11. The van der Waals surface area contributed by atoms with Crippen LogP contribution in [0.2, 0.25) is 0 Å². The van der Waals surface area contributed by atoms with Crippen LogP contribution in [0.5, 0.6) is 0 Å². The SMILES string of the molecule is CCOC(=O)C1=NN[C@@H](C(=O)N2C(=O)CC(C)(C)N2Cc2ccccc2)[C@@H]1C(=O)OC(C)(C)C. The van der Waals surface area contributed by atoms with Crippen LogP contribution in [0.25, 0.3) is 0 Å². The lowest BCUT2D eigenvalue weighted by Crippen LogP contribution is -2.57. The second-order valence-corrected chi connectivity index (χ2v) is 9.91. The van der Waals surface area contributed by atoms with E-state index >= 15 is 0 Å². The number of imide groups is 1. The molecule has 1 aromatic rings. The number of carbonyl (C=O) groups excluding carboxylic acids is 4. The van der Waals surface area contributed by atoms with Gasteiger partial charge in [0.2, 0.25) is 5.91 Å². The smallest absolute Gasteiger partial charge is 0.355 e. The Labute approximate surface area is 199 Å². The first-order chi connectivity index (χ1) is 15.9. The minimum Gasteiger partial charge on any atom is -0.461 e. The van der Waals surface area contributed by atoms with E-state index in [0.717, 1.165) is 10.6 Å². The van der Waals surface area contributed by atoms with Crippen LogP contribution in [-0.4, -0.2) is 63.3 Å². The van der Waals surface area contributed by atoms with Crippen molar-refractivity contribution in [3.05, 3.63) is 35.9 Å². The van der Waals surface area contributed by atoms with Crippen LogP contribution in [0.4, 0.5) is 0 Å². The third-order valence-electron chi connectivity index (χ3n) is 5.51. The molecular weight excluding hydrogens is 440 g/mol. The highest BCUT2D eigenvalue weighted by Gasteiger charge is 2.54. The Bertz CT molecular complexity index is 998. The van der Waals surface area contributed by atoms with E-state index in [1.54, 1.807) is 32.7 Å². The minimum absolute atomic E-state index is 0.0706. The van der Waals surface area contributed by atoms with Crippen molar-refractivity contribution < 1.29 is 28.7 Å². The van der Waals surface area contributed by atoms with Crippen LogP contribution in [-0.2, 0) is 35.2 Å². The van der Waals surface area contributed by atoms with Gasteiger partial charge in [-0.2, -0.15) is 5.10 Å². The fraction of sp³-hybridized carbons (Fsp3) is 0.542. The maximum absolute atomic E-state index is 13.7. The second-order valence-electron chi connectivity index (χ2n) is 9.91. The zero-order chi connectivity index (χ0) is 25.3. The Morgan fingerprint density at radius 2 is 1.82 bits per heavy atom. The standard InChI is InChI=1S/C24H32N4O6/c1-7-33-22(32)19-17(21(31)34-23(2,3)4)18(25-26-19)20(30)28-16(29)13-24(5,6)27(28)14-15-11-9-8-10-12-15/h8-12,17-18,25H,7,13-14H2,1-6H3/t17-,18+/m0/s1. The quantitative estimate of drug-likeness (QED) is 0.492. The number of hydrazone groups is 1. The summed E-state index contributed by atoms with van der Waals surface area (Å²) in [6.45, 7) is 10.8. The average molecular weight is 473 g/mol. The van der Waals surface area contributed by atoms with Crippen molar-refractivity contribution in [1.82, 2.24) is 15.4 Å². The molecule has 0 saturated carbocycles. The van der Waals surface area contributed by atoms with Crippen LogP contribution >= 0.6 is 0 Å². The van der Waals surface area contributed by atoms with Crippen molar-refractivity contribution in [2.24, 2.45) is 11.0 Å². The number of hydrazine groups is 1. The first-order valence-electron chi connectivity index (χ1n) is 11.3. The van der Waals surface area contributed by atoms with Crippen LogP contribution < -0.4 is 5.43 Å². The molecule has 10 heteroatoms. The number of benzene rings is 1. The Morgan fingerprint density at radius 1 is 1.18 bits per heavy atom. The van der Waals surface area contributed by atoms with Gasteiger partial charge in [0.05, 0.1) is 6.61 Å². The highest BCUT2D eigenvalue weighted by atomic mass is 16.6. The summed E-state index contributed by atoms with van der Waals surface area (Å²) in [5.41, 5.74) is 1.74. The molecule has 1 saturated heterocycles. The number of carbonyl (C=O) groups is 4. The first kappa shape index (κ1) is 25.4. The molecular formula is C24H32N4O6. The largest absolute Gasteiger partial charge is 0.461 e. The van der Waals surface area contributed by atoms with Gasteiger partial charge in [0.1, 0.15) is 17.6 Å². The third kappa shape index (κ3) is 5.27. The van der Waals surface area contributed by atoms with Crippen molar-refractivity contribution in [2.75, 3.05) is 6.61 Å². The lowest BCUT2D eigenvalue weighted by Gasteiger charge is -2.36. The number of hydrogen-bond acceptors (Lipinski definition) is 9. The maximum atomic E-state index is 13.7. The van der Waals surface area contributed by atoms with E-state index in [1.807, 2.05) is 44.2 Å². The number of nitrogens with zero attached hydrogens (tertiary/aromatic N) is 3. The number of hydrogen-bond donors (Lipinski definition) is 1. The normalized spacial score (nSPS) is 22.2. The van der Waals surface area contributed by atoms with Crippen LogP contribution in [0.1, 0.15) is 53.5 Å². The van der Waals surface area contributed by atoms with Crippen molar-refractivity contribution in [3.63, 3.8) is 0 Å². The number of rotatable bonds is 6. The molecule has 0 aliphatic carbocycles. The molecule has 184 valence electrons. The lowest BCUT2D eigenvalue weighted by atomic mass is 9.94. The molecule has 0 aromatic heterocycles. The monoisotopic (exact) mass is 472 g/mol. The van der Waals surface area contributed by atoms with Gasteiger partial charge < -0.3 is 9.47 Å². The number of nitrogens with one attached hydrogen (secondary N) is 1. The van der Waals surface area contributed by atoms with Gasteiger partial charge in [-0.15, -0.1) is 0 Å². The molecule has 3 rings (SSSR count). The summed E-state index contributed by atoms with van der Waals surface area (Å²) < 4.78 is 10.5. The topological polar surface area (TPSA) is 118 Å². The van der Waals surface area contributed by atoms with E-state index in [9.17, 15) is 19.2 Å². The van der Waals surface area contributed by atoms with E-state index in [0.29, 0.717) is 6.54 Å². The highest BCUT2D eigenvalue weighted by Crippen LogP contribution is 2.33. The van der Waals surface area contributed by atoms with E-state index < -0.39 is 46.9 Å². The van der Waals surface area contributed by atoms with Crippen molar-refractivity contribution in [3.8, 4) is 0 Å². The van der Waals surface area contributed by atoms with E-state index in [1.165, 1.54) is 0 Å². The second kappa shape index (κ2) is 9.54. The van der Waals surface area contributed by atoms with Crippen molar-refractivity contribution in [1.29, 1.82) is 0 Å². The number of esters is 2. The Balaban J connectivity index is 1.93. The van der Waals surface area contributed by atoms with Gasteiger partial charge in [0, 0.05) is 18.5 Å². The van der Waals surface area contributed by atoms with Gasteiger partial charge in [-0.3, -0.25) is 19.8 Å². The molecule has 1 aromatic carbocycles. The predicted molar refractivity (Wildman–Crippen MR) is 123 cm³/mol. The summed E-state index contributed by atoms with van der Waals surface area (Å²) in [5, 5.41) is 6.69. The van der Waals surface area contributed by atoms with Crippen molar-refractivity contribution in [2.45, 2.75) is 71.7 Å². The minimum atomic E-state index is -1.36. The molecule has 2 aliphatic rings. The van der Waals surface area contributed by atoms with E-state index in [2.05, 4.69) is 10.5 Å². The molecule has 10 nitrogen and oxygen atoms in total. The summed E-state index contributed by atoms with van der Waals surface area (Å²) in [7, 11) is 0. The first-order valence-corrected chi connectivity index (χ1v) is 11.3. The fourth-order valence-electron chi connectivity index (χ4n) is 3.99. The molecule has 0 radical (unpaired) electrons. The molecule has 2 amide bonds. The zero-order valence-corrected chi connectivity index (χ0v) is 20.5. The summed E-state index contributed by atoms with van der Waals surface area (Å²) in [6, 6.07) is 8.15. The van der Waals surface area contributed by atoms with Gasteiger partial charge >= 0.3 is 11.9 Å². The average Bonchev–Trinajstić information content (AvgIpc) is 3.26. The molecule has 2 heterocycles. The number of ether oxygens (including phenoxy) is 2. The third-order valence-corrected chi connectivity index (χ3v) is 5.51. The molecule has 0 bridgehead atoms. The van der Waals surface area contributed by atoms with Gasteiger partial charge in [0.25, 0.3) is 5.91 Å². The van der Waals surface area contributed by atoms with E-state index in [4.69, 9.17) is 9.47 Å². The predicted octanol–water partition coefficient (Wildman–Crippen LogP) is 1.79. The molecule has 1 N–H and O–H groups in total. The van der Waals surface area contributed by atoms with Crippen LogP contribution in [0.15, 0.2) is 35.4 Å². The molecule has 2 atom stereocenters. The summed E-state index contributed by atoms with van der Waals surface area (Å²) in [5.74, 6) is -4.08. The lowest BCUT2D eigenvalue weighted by molar-refractivity contribution is -0.168. The fourth-order valence-corrected chi connectivity index (χ4v) is 3.99.